The second-order valence-corrected chi connectivity index (χ2v) is 6.54. The Balaban J connectivity index is 2.35. The number of rotatable bonds is 3. The van der Waals surface area contributed by atoms with Crippen molar-refractivity contribution >= 4 is 5.78 Å². The van der Waals surface area contributed by atoms with Crippen LogP contribution in [0.5, 0.6) is 0 Å². The fourth-order valence-electron chi connectivity index (χ4n) is 3.24. The summed E-state index contributed by atoms with van der Waals surface area (Å²) in [4.78, 5) is 12.7. The van der Waals surface area contributed by atoms with Crippen LogP contribution in [-0.4, -0.2) is 15.6 Å². The van der Waals surface area contributed by atoms with Gasteiger partial charge in [-0.2, -0.15) is 10.4 Å². The summed E-state index contributed by atoms with van der Waals surface area (Å²) in [5, 5.41) is 14.1. The van der Waals surface area contributed by atoms with Gasteiger partial charge in [0.1, 0.15) is 5.41 Å². The first kappa shape index (κ1) is 14.8. The number of aromatic nitrogens is 2. The van der Waals surface area contributed by atoms with Crippen LogP contribution in [0.1, 0.15) is 51.4 Å². The Morgan fingerprint density at radius 2 is 2.15 bits per heavy atom. The normalized spacial score (nSPS) is 25.4. The predicted molar refractivity (Wildman–Crippen MR) is 77.0 cm³/mol. The molecule has 0 aliphatic heterocycles. The molecule has 0 amide bonds. The molecule has 0 spiro atoms. The molecule has 1 aromatic rings. The number of ketones is 1. The van der Waals surface area contributed by atoms with Gasteiger partial charge in [0.2, 0.25) is 0 Å². The van der Waals surface area contributed by atoms with E-state index >= 15 is 0 Å². The highest BCUT2D eigenvalue weighted by atomic mass is 16.1. The summed E-state index contributed by atoms with van der Waals surface area (Å²) in [7, 11) is 1.89. The van der Waals surface area contributed by atoms with Crippen LogP contribution < -0.4 is 0 Å². The molecule has 1 unspecified atom stereocenters. The molecule has 2 rings (SSSR count). The summed E-state index contributed by atoms with van der Waals surface area (Å²) in [6.07, 6.45) is 3.83. The van der Waals surface area contributed by atoms with Gasteiger partial charge in [-0.15, -0.1) is 0 Å². The molecule has 20 heavy (non-hydrogen) atoms. The quantitative estimate of drug-likeness (QED) is 0.851. The molecule has 0 aromatic carbocycles. The topological polar surface area (TPSA) is 58.7 Å². The third-order valence-corrected chi connectivity index (χ3v) is 4.54. The average molecular weight is 273 g/mol. The van der Waals surface area contributed by atoms with Crippen molar-refractivity contribution in [3.8, 4) is 6.07 Å². The maximum absolute atomic E-state index is 12.7. The van der Waals surface area contributed by atoms with E-state index in [1.54, 1.807) is 0 Å². The number of Topliss-reactive ketones (excluding diaryl/α,β-unsaturated/α-hetero) is 1. The molecule has 1 saturated carbocycles. The molecular formula is C16H23N3O. The summed E-state index contributed by atoms with van der Waals surface area (Å²) in [5.74, 6) is 0.0954. The van der Waals surface area contributed by atoms with E-state index in [1.807, 2.05) is 31.6 Å². The standard InChI is InChI=1S/C16H23N3O/c1-5-12-9-13(19(4)18-12)10-16(11-17)8-6-7-15(2,3)14(16)20/h9H,5-8,10H2,1-4H3. The number of aryl methyl sites for hydroxylation is 2. The number of nitriles is 1. The first-order chi connectivity index (χ1) is 9.34. The van der Waals surface area contributed by atoms with Gasteiger partial charge in [0.15, 0.2) is 5.78 Å². The summed E-state index contributed by atoms with van der Waals surface area (Å²) in [6, 6.07) is 4.36. The number of hydrogen-bond donors (Lipinski definition) is 0. The molecule has 108 valence electrons. The molecule has 0 saturated heterocycles. The molecule has 1 fully saturated rings. The van der Waals surface area contributed by atoms with Crippen molar-refractivity contribution in [3.63, 3.8) is 0 Å². The first-order valence-corrected chi connectivity index (χ1v) is 7.32. The number of nitrogens with zero attached hydrogens (tertiary/aromatic N) is 3. The fourth-order valence-corrected chi connectivity index (χ4v) is 3.24. The van der Waals surface area contributed by atoms with E-state index in [4.69, 9.17) is 0 Å². The van der Waals surface area contributed by atoms with Crippen molar-refractivity contribution in [1.29, 1.82) is 5.26 Å². The van der Waals surface area contributed by atoms with Crippen LogP contribution in [0.15, 0.2) is 6.07 Å². The van der Waals surface area contributed by atoms with E-state index in [0.717, 1.165) is 30.7 Å². The Hall–Kier alpha value is -1.63. The Morgan fingerprint density at radius 3 is 2.70 bits per heavy atom. The monoisotopic (exact) mass is 273 g/mol. The lowest BCUT2D eigenvalue weighted by Gasteiger charge is -2.38. The summed E-state index contributed by atoms with van der Waals surface area (Å²) < 4.78 is 1.81. The number of hydrogen-bond acceptors (Lipinski definition) is 3. The highest BCUT2D eigenvalue weighted by Crippen LogP contribution is 2.44. The Bertz CT molecular complexity index is 565. The molecule has 0 bridgehead atoms. The lowest BCUT2D eigenvalue weighted by Crippen LogP contribution is -2.45. The third-order valence-electron chi connectivity index (χ3n) is 4.54. The Kier molecular flexibility index (Phi) is 3.73. The van der Waals surface area contributed by atoms with Gasteiger partial charge < -0.3 is 0 Å². The van der Waals surface area contributed by atoms with E-state index in [2.05, 4.69) is 18.1 Å². The Labute approximate surface area is 120 Å². The lowest BCUT2D eigenvalue weighted by atomic mass is 9.61. The van der Waals surface area contributed by atoms with E-state index < -0.39 is 5.41 Å². The van der Waals surface area contributed by atoms with Crippen LogP contribution in [0.2, 0.25) is 0 Å². The number of carbonyl (C=O) groups excluding carboxylic acids is 1. The maximum Gasteiger partial charge on any atom is 0.159 e. The van der Waals surface area contributed by atoms with E-state index in [9.17, 15) is 10.1 Å². The second kappa shape index (κ2) is 5.05. The van der Waals surface area contributed by atoms with Crippen LogP contribution in [0.4, 0.5) is 0 Å². The van der Waals surface area contributed by atoms with Crippen LogP contribution >= 0.6 is 0 Å². The van der Waals surface area contributed by atoms with Crippen LogP contribution in [0, 0.1) is 22.2 Å². The zero-order valence-corrected chi connectivity index (χ0v) is 12.9. The molecular weight excluding hydrogens is 250 g/mol. The summed E-state index contributed by atoms with van der Waals surface area (Å²) in [5.41, 5.74) is 0.730. The fraction of sp³-hybridized carbons (Fsp3) is 0.688. The van der Waals surface area contributed by atoms with Gasteiger partial charge in [-0.05, 0) is 25.3 Å². The number of carbonyl (C=O) groups is 1. The van der Waals surface area contributed by atoms with Crippen LogP contribution in [0.3, 0.4) is 0 Å². The zero-order chi connectivity index (χ0) is 15.0. The molecule has 1 heterocycles. The molecule has 0 radical (unpaired) electrons. The van der Waals surface area contributed by atoms with Crippen molar-refractivity contribution in [3.05, 3.63) is 17.5 Å². The van der Waals surface area contributed by atoms with Gasteiger partial charge in [0, 0.05) is 24.6 Å². The van der Waals surface area contributed by atoms with Crippen molar-refractivity contribution in [2.75, 3.05) is 0 Å². The predicted octanol–water partition coefficient (Wildman–Crippen LogP) is 2.81. The SMILES string of the molecule is CCc1cc(CC2(C#N)CCCC(C)(C)C2=O)n(C)n1. The van der Waals surface area contributed by atoms with Crippen LogP contribution in [0.25, 0.3) is 0 Å². The van der Waals surface area contributed by atoms with Crippen molar-refractivity contribution in [1.82, 2.24) is 9.78 Å². The van der Waals surface area contributed by atoms with E-state index in [0.29, 0.717) is 12.8 Å². The lowest BCUT2D eigenvalue weighted by molar-refractivity contribution is -0.138. The van der Waals surface area contributed by atoms with Gasteiger partial charge in [-0.25, -0.2) is 0 Å². The second-order valence-electron chi connectivity index (χ2n) is 6.54. The molecule has 1 aliphatic carbocycles. The van der Waals surface area contributed by atoms with E-state index in [-0.39, 0.29) is 11.2 Å². The largest absolute Gasteiger partial charge is 0.297 e. The first-order valence-electron chi connectivity index (χ1n) is 7.32. The zero-order valence-electron chi connectivity index (χ0n) is 12.9. The average Bonchev–Trinajstić information content (AvgIpc) is 2.76. The van der Waals surface area contributed by atoms with E-state index in [1.165, 1.54) is 0 Å². The minimum absolute atomic E-state index is 0.0954. The molecule has 1 aliphatic rings. The van der Waals surface area contributed by atoms with Gasteiger partial charge in [-0.3, -0.25) is 9.48 Å². The van der Waals surface area contributed by atoms with Crippen LogP contribution in [-0.2, 0) is 24.7 Å². The Morgan fingerprint density at radius 1 is 1.45 bits per heavy atom. The maximum atomic E-state index is 12.7. The highest BCUT2D eigenvalue weighted by Gasteiger charge is 2.49. The van der Waals surface area contributed by atoms with Gasteiger partial charge in [0.05, 0.1) is 11.8 Å². The smallest absolute Gasteiger partial charge is 0.159 e. The minimum Gasteiger partial charge on any atom is -0.297 e. The highest BCUT2D eigenvalue weighted by molar-refractivity contribution is 5.93. The van der Waals surface area contributed by atoms with Crippen molar-refractivity contribution in [2.24, 2.45) is 17.9 Å². The minimum atomic E-state index is -0.874. The van der Waals surface area contributed by atoms with Crippen molar-refractivity contribution in [2.45, 2.75) is 52.9 Å². The van der Waals surface area contributed by atoms with Gasteiger partial charge in [0.25, 0.3) is 0 Å². The summed E-state index contributed by atoms with van der Waals surface area (Å²) >= 11 is 0. The molecule has 4 heteroatoms. The molecule has 1 atom stereocenters. The molecule has 0 N–H and O–H groups in total. The van der Waals surface area contributed by atoms with Gasteiger partial charge >= 0.3 is 0 Å². The van der Waals surface area contributed by atoms with Crippen molar-refractivity contribution < 1.29 is 4.79 Å². The van der Waals surface area contributed by atoms with Gasteiger partial charge in [-0.1, -0.05) is 27.2 Å². The third kappa shape index (κ3) is 2.37. The molecule has 1 aromatic heterocycles. The summed E-state index contributed by atoms with van der Waals surface area (Å²) in [6.45, 7) is 5.98. The molecule has 4 nitrogen and oxygen atoms in total.